The number of carbonyl (C=O) groups excluding carboxylic acids is 2. The summed E-state index contributed by atoms with van der Waals surface area (Å²) in [5, 5.41) is 7.53. The minimum absolute atomic E-state index is 0.175. The van der Waals surface area contributed by atoms with Crippen LogP contribution in [0.2, 0.25) is 0 Å². The van der Waals surface area contributed by atoms with Gasteiger partial charge >= 0.3 is 5.97 Å². The Labute approximate surface area is 167 Å². The van der Waals surface area contributed by atoms with Gasteiger partial charge in [0.1, 0.15) is 0 Å². The molecular weight excluding hydrogens is 410 g/mol. The zero-order valence-corrected chi connectivity index (χ0v) is 17.0. The lowest BCUT2D eigenvalue weighted by molar-refractivity contribution is -0.143. The molecule has 27 heavy (non-hydrogen) atoms. The molecule has 3 rings (SSSR count). The first-order valence-corrected chi connectivity index (χ1v) is 10.2. The molecule has 0 bridgehead atoms. The van der Waals surface area contributed by atoms with Crippen LogP contribution in [0.5, 0.6) is 0 Å². The lowest BCUT2D eigenvalue weighted by Gasteiger charge is -2.14. The quantitative estimate of drug-likeness (QED) is 0.534. The monoisotopic (exact) mass is 433 g/mol. The molecule has 0 spiro atoms. The first-order chi connectivity index (χ1) is 13.1. The highest BCUT2D eigenvalue weighted by Gasteiger charge is 2.25. The van der Waals surface area contributed by atoms with Crippen molar-refractivity contribution in [3.05, 3.63) is 45.7 Å². The molecule has 1 aromatic heterocycles. The van der Waals surface area contributed by atoms with Crippen LogP contribution in [-0.4, -0.2) is 34.8 Å². The summed E-state index contributed by atoms with van der Waals surface area (Å²) in [5.41, 5.74) is 3.62. The Morgan fingerprint density at radius 2 is 2.11 bits per heavy atom. The number of hydrogen-bond donors (Lipinski definition) is 1. The summed E-state index contributed by atoms with van der Waals surface area (Å²) in [6.45, 7) is 2.59. The third-order valence-corrected chi connectivity index (χ3v) is 5.09. The van der Waals surface area contributed by atoms with E-state index in [-0.39, 0.29) is 11.9 Å². The lowest BCUT2D eigenvalue weighted by Crippen LogP contribution is -2.26. The molecule has 2 aromatic rings. The molecule has 1 aromatic carbocycles. The molecule has 1 amide bonds. The summed E-state index contributed by atoms with van der Waals surface area (Å²) in [6, 6.07) is 7.93. The predicted molar refractivity (Wildman–Crippen MR) is 106 cm³/mol. The molecule has 0 atom stereocenters. The second-order valence-corrected chi connectivity index (χ2v) is 7.45. The second kappa shape index (κ2) is 9.17. The van der Waals surface area contributed by atoms with Crippen LogP contribution in [0.3, 0.4) is 0 Å². The molecule has 1 heterocycles. The van der Waals surface area contributed by atoms with Crippen LogP contribution in [0.15, 0.2) is 28.7 Å². The van der Waals surface area contributed by atoms with Gasteiger partial charge in [-0.3, -0.25) is 9.59 Å². The van der Waals surface area contributed by atoms with Crippen molar-refractivity contribution in [2.45, 2.75) is 45.4 Å². The van der Waals surface area contributed by atoms with Crippen molar-refractivity contribution >= 4 is 27.8 Å². The number of nitrogens with zero attached hydrogens (tertiary/aromatic N) is 2. The zero-order valence-electron chi connectivity index (χ0n) is 15.5. The van der Waals surface area contributed by atoms with Crippen LogP contribution >= 0.6 is 15.9 Å². The average molecular weight is 434 g/mol. The first-order valence-electron chi connectivity index (χ1n) is 9.40. The van der Waals surface area contributed by atoms with Crippen molar-refractivity contribution in [1.82, 2.24) is 15.1 Å². The van der Waals surface area contributed by atoms with E-state index in [9.17, 15) is 9.59 Å². The van der Waals surface area contributed by atoms with Crippen molar-refractivity contribution in [2.75, 3.05) is 13.2 Å². The van der Waals surface area contributed by atoms with Gasteiger partial charge in [0.25, 0.3) is 5.91 Å². The highest BCUT2D eigenvalue weighted by atomic mass is 79.9. The van der Waals surface area contributed by atoms with Crippen LogP contribution in [0.1, 0.15) is 54.4 Å². The van der Waals surface area contributed by atoms with E-state index in [2.05, 4.69) is 26.3 Å². The molecule has 1 aliphatic rings. The van der Waals surface area contributed by atoms with E-state index >= 15 is 0 Å². The van der Waals surface area contributed by atoms with Gasteiger partial charge in [-0.1, -0.05) is 22.0 Å². The van der Waals surface area contributed by atoms with Gasteiger partial charge in [-0.05, 0) is 57.2 Å². The van der Waals surface area contributed by atoms with Gasteiger partial charge in [-0.2, -0.15) is 5.10 Å². The minimum atomic E-state index is -0.233. The fraction of sp³-hybridized carbons (Fsp3) is 0.450. The van der Waals surface area contributed by atoms with Crippen LogP contribution in [0.4, 0.5) is 0 Å². The van der Waals surface area contributed by atoms with Crippen molar-refractivity contribution in [1.29, 1.82) is 0 Å². The fourth-order valence-corrected chi connectivity index (χ4v) is 3.74. The van der Waals surface area contributed by atoms with Gasteiger partial charge in [0.2, 0.25) is 0 Å². The number of hydrogen-bond acceptors (Lipinski definition) is 4. The van der Waals surface area contributed by atoms with Gasteiger partial charge < -0.3 is 10.1 Å². The Morgan fingerprint density at radius 3 is 2.89 bits per heavy atom. The van der Waals surface area contributed by atoms with Gasteiger partial charge in [-0.15, -0.1) is 0 Å². The van der Waals surface area contributed by atoms with Gasteiger partial charge in [-0.25, -0.2) is 4.68 Å². The molecular formula is C20H24BrN3O3. The smallest absolute Gasteiger partial charge is 0.305 e. The van der Waals surface area contributed by atoms with Crippen LogP contribution in [0.25, 0.3) is 5.69 Å². The molecule has 0 saturated heterocycles. The molecule has 6 nitrogen and oxygen atoms in total. The lowest BCUT2D eigenvalue weighted by atomic mass is 9.95. The Hall–Kier alpha value is -2.15. The maximum atomic E-state index is 12.7. The summed E-state index contributed by atoms with van der Waals surface area (Å²) < 4.78 is 7.77. The van der Waals surface area contributed by atoms with Gasteiger partial charge in [0.15, 0.2) is 5.69 Å². The Morgan fingerprint density at radius 1 is 1.30 bits per heavy atom. The number of amides is 1. The second-order valence-electron chi connectivity index (χ2n) is 6.54. The van der Waals surface area contributed by atoms with E-state index in [0.717, 1.165) is 47.1 Å². The van der Waals surface area contributed by atoms with Crippen LogP contribution in [-0.2, 0) is 22.4 Å². The van der Waals surface area contributed by atoms with Gasteiger partial charge in [0, 0.05) is 28.7 Å². The molecule has 144 valence electrons. The van der Waals surface area contributed by atoms with Crippen LogP contribution < -0.4 is 5.32 Å². The van der Waals surface area contributed by atoms with Gasteiger partial charge in [0.05, 0.1) is 12.3 Å². The fourth-order valence-electron chi connectivity index (χ4n) is 3.35. The number of esters is 1. The summed E-state index contributed by atoms with van der Waals surface area (Å²) >= 11 is 3.50. The topological polar surface area (TPSA) is 73.2 Å². The average Bonchev–Trinajstić information content (AvgIpc) is 3.05. The number of rotatable bonds is 7. The number of aromatic nitrogens is 2. The standard InChI is InChI=1S/C20H24BrN3O3/c1-2-27-18(25)11-6-12-22-20(26)19-16-9-3-4-10-17(16)24(23-19)15-8-5-7-14(21)13-15/h5,7-8,13H,2-4,6,9-12H2,1H3,(H,22,26). The number of halogens is 1. The summed E-state index contributed by atoms with van der Waals surface area (Å²) in [6.07, 6.45) is 4.82. The highest BCUT2D eigenvalue weighted by Crippen LogP contribution is 2.27. The molecule has 1 aliphatic carbocycles. The van der Waals surface area contributed by atoms with Crippen molar-refractivity contribution in [3.63, 3.8) is 0 Å². The van der Waals surface area contributed by atoms with Crippen molar-refractivity contribution in [3.8, 4) is 5.69 Å². The first kappa shape index (κ1) is 19.6. The Bertz CT molecular complexity index is 832. The predicted octanol–water partition coefficient (Wildman–Crippen LogP) is 3.59. The number of carbonyl (C=O) groups is 2. The minimum Gasteiger partial charge on any atom is -0.466 e. The van der Waals surface area contributed by atoms with E-state index in [4.69, 9.17) is 4.74 Å². The third-order valence-electron chi connectivity index (χ3n) is 4.60. The third kappa shape index (κ3) is 4.77. The highest BCUT2D eigenvalue weighted by molar-refractivity contribution is 9.10. The summed E-state index contributed by atoms with van der Waals surface area (Å²) in [5.74, 6) is -0.409. The zero-order chi connectivity index (χ0) is 19.2. The van der Waals surface area contributed by atoms with Crippen molar-refractivity contribution < 1.29 is 14.3 Å². The molecule has 0 aliphatic heterocycles. The van der Waals surface area contributed by atoms with E-state index < -0.39 is 0 Å². The molecule has 1 N–H and O–H groups in total. The van der Waals surface area contributed by atoms with E-state index in [1.807, 2.05) is 28.9 Å². The maximum Gasteiger partial charge on any atom is 0.305 e. The summed E-state index contributed by atoms with van der Waals surface area (Å²) in [4.78, 5) is 24.1. The normalized spacial score (nSPS) is 13.1. The van der Waals surface area contributed by atoms with E-state index in [0.29, 0.717) is 31.7 Å². The summed E-state index contributed by atoms with van der Waals surface area (Å²) in [7, 11) is 0. The number of ether oxygens (including phenoxy) is 1. The number of benzene rings is 1. The number of nitrogens with one attached hydrogen (secondary N) is 1. The van der Waals surface area contributed by atoms with E-state index in [1.54, 1.807) is 6.92 Å². The molecule has 0 fully saturated rings. The molecule has 0 unspecified atom stereocenters. The molecule has 0 radical (unpaired) electrons. The SMILES string of the molecule is CCOC(=O)CCCNC(=O)c1nn(-c2cccc(Br)c2)c2c1CCCC2. The maximum absolute atomic E-state index is 12.7. The number of fused-ring (bicyclic) bond motifs is 1. The Kier molecular flexibility index (Phi) is 6.66. The molecule has 7 heteroatoms. The largest absolute Gasteiger partial charge is 0.466 e. The van der Waals surface area contributed by atoms with Crippen molar-refractivity contribution in [2.24, 2.45) is 0 Å². The van der Waals surface area contributed by atoms with E-state index in [1.165, 1.54) is 0 Å². The Balaban J connectivity index is 1.73. The molecule has 0 saturated carbocycles. The van der Waals surface area contributed by atoms with Crippen LogP contribution in [0, 0.1) is 0 Å².